The molecule has 1 aliphatic rings. The summed E-state index contributed by atoms with van der Waals surface area (Å²) in [6, 6.07) is 5.12. The first kappa shape index (κ1) is 13.8. The molecular formula is C14H20ClFN2. The standard InChI is InChI=1S/C14H20ClFN2/c1-2-13-10-18(7-3-6-17-13)9-11-8-12(16)4-5-14(11)15/h4-5,8,13,17H,2-3,6-7,9-10H2,1H3. The second-order valence-corrected chi connectivity index (χ2v) is 5.29. The fourth-order valence-electron chi connectivity index (χ4n) is 2.40. The Bertz CT molecular complexity index is 397. The number of hydrogen-bond donors (Lipinski definition) is 1. The number of nitrogens with one attached hydrogen (secondary N) is 1. The fraction of sp³-hybridized carbons (Fsp3) is 0.571. The number of nitrogens with zero attached hydrogens (tertiary/aromatic N) is 1. The zero-order valence-electron chi connectivity index (χ0n) is 10.8. The normalized spacial score (nSPS) is 21.8. The van der Waals surface area contributed by atoms with Gasteiger partial charge in [0.1, 0.15) is 5.82 Å². The van der Waals surface area contributed by atoms with Crippen LogP contribution in [0.4, 0.5) is 4.39 Å². The van der Waals surface area contributed by atoms with Gasteiger partial charge in [0.2, 0.25) is 0 Å². The maximum atomic E-state index is 13.2. The highest BCUT2D eigenvalue weighted by molar-refractivity contribution is 6.31. The first-order valence-electron chi connectivity index (χ1n) is 6.58. The average molecular weight is 271 g/mol. The molecule has 1 unspecified atom stereocenters. The molecule has 1 aromatic carbocycles. The minimum absolute atomic E-state index is 0.214. The lowest BCUT2D eigenvalue weighted by Crippen LogP contribution is -2.36. The van der Waals surface area contributed by atoms with Crippen molar-refractivity contribution < 1.29 is 4.39 Å². The molecule has 1 aromatic rings. The van der Waals surface area contributed by atoms with Crippen LogP contribution >= 0.6 is 11.6 Å². The van der Waals surface area contributed by atoms with Crippen molar-refractivity contribution in [2.75, 3.05) is 19.6 Å². The SMILES string of the molecule is CCC1CN(Cc2cc(F)ccc2Cl)CCCN1. The predicted octanol–water partition coefficient (Wildman–Crippen LogP) is 3.05. The molecule has 0 amide bonds. The van der Waals surface area contributed by atoms with Crippen molar-refractivity contribution in [3.8, 4) is 0 Å². The van der Waals surface area contributed by atoms with Crippen LogP contribution in [0.3, 0.4) is 0 Å². The third-order valence-corrected chi connectivity index (χ3v) is 3.83. The van der Waals surface area contributed by atoms with Gasteiger partial charge in [-0.1, -0.05) is 18.5 Å². The first-order chi connectivity index (χ1) is 8.69. The molecule has 0 radical (unpaired) electrons. The van der Waals surface area contributed by atoms with Gasteiger partial charge in [-0.3, -0.25) is 4.90 Å². The molecule has 1 N–H and O–H groups in total. The van der Waals surface area contributed by atoms with Crippen LogP contribution in [0.1, 0.15) is 25.3 Å². The summed E-state index contributed by atoms with van der Waals surface area (Å²) in [4.78, 5) is 2.36. The van der Waals surface area contributed by atoms with Gasteiger partial charge < -0.3 is 5.32 Å². The predicted molar refractivity (Wildman–Crippen MR) is 73.4 cm³/mol. The van der Waals surface area contributed by atoms with Gasteiger partial charge in [0.05, 0.1) is 0 Å². The smallest absolute Gasteiger partial charge is 0.123 e. The minimum atomic E-state index is -0.214. The third-order valence-electron chi connectivity index (χ3n) is 3.46. The van der Waals surface area contributed by atoms with E-state index in [2.05, 4.69) is 17.1 Å². The third kappa shape index (κ3) is 3.67. The highest BCUT2D eigenvalue weighted by Gasteiger charge is 2.17. The molecule has 100 valence electrons. The molecule has 2 rings (SSSR count). The van der Waals surface area contributed by atoms with Crippen LogP contribution in [0.5, 0.6) is 0 Å². The second-order valence-electron chi connectivity index (χ2n) is 4.88. The molecule has 0 saturated carbocycles. The number of halogens is 2. The van der Waals surface area contributed by atoms with E-state index >= 15 is 0 Å². The quantitative estimate of drug-likeness (QED) is 0.908. The van der Waals surface area contributed by atoms with Gasteiger partial charge in [-0.25, -0.2) is 4.39 Å². The fourth-order valence-corrected chi connectivity index (χ4v) is 2.58. The van der Waals surface area contributed by atoms with Gasteiger partial charge >= 0.3 is 0 Å². The molecule has 0 aliphatic carbocycles. The Balaban J connectivity index is 2.04. The van der Waals surface area contributed by atoms with Gasteiger partial charge in [-0.05, 0) is 49.7 Å². The zero-order chi connectivity index (χ0) is 13.0. The average Bonchev–Trinajstić information content (AvgIpc) is 2.59. The van der Waals surface area contributed by atoms with Crippen molar-refractivity contribution in [2.45, 2.75) is 32.4 Å². The summed E-state index contributed by atoms with van der Waals surface area (Å²) in [7, 11) is 0. The highest BCUT2D eigenvalue weighted by Crippen LogP contribution is 2.19. The van der Waals surface area contributed by atoms with E-state index in [9.17, 15) is 4.39 Å². The van der Waals surface area contributed by atoms with Crippen molar-refractivity contribution in [3.05, 3.63) is 34.6 Å². The van der Waals surface area contributed by atoms with E-state index in [0.717, 1.165) is 44.6 Å². The maximum Gasteiger partial charge on any atom is 0.123 e. The second kappa shape index (κ2) is 6.50. The van der Waals surface area contributed by atoms with E-state index in [1.54, 1.807) is 12.1 Å². The summed E-state index contributed by atoms with van der Waals surface area (Å²) in [6.07, 6.45) is 2.25. The van der Waals surface area contributed by atoms with E-state index in [4.69, 9.17) is 11.6 Å². The van der Waals surface area contributed by atoms with Gasteiger partial charge in [0.25, 0.3) is 0 Å². The largest absolute Gasteiger partial charge is 0.313 e. The molecule has 0 bridgehead atoms. The Morgan fingerprint density at radius 1 is 1.50 bits per heavy atom. The molecule has 0 spiro atoms. The van der Waals surface area contributed by atoms with Crippen LogP contribution in [-0.4, -0.2) is 30.6 Å². The Kier molecular flexibility index (Phi) is 4.98. The van der Waals surface area contributed by atoms with Crippen molar-refractivity contribution in [2.24, 2.45) is 0 Å². The molecule has 1 heterocycles. The van der Waals surface area contributed by atoms with E-state index in [1.807, 2.05) is 0 Å². The Hall–Kier alpha value is -0.640. The van der Waals surface area contributed by atoms with E-state index in [1.165, 1.54) is 6.07 Å². The summed E-state index contributed by atoms with van der Waals surface area (Å²) in [5, 5.41) is 4.18. The van der Waals surface area contributed by atoms with E-state index in [-0.39, 0.29) is 5.82 Å². The Morgan fingerprint density at radius 3 is 3.11 bits per heavy atom. The van der Waals surface area contributed by atoms with Gasteiger partial charge in [0.15, 0.2) is 0 Å². The molecule has 1 fully saturated rings. The van der Waals surface area contributed by atoms with Crippen molar-refractivity contribution >= 4 is 11.6 Å². The lowest BCUT2D eigenvalue weighted by atomic mass is 10.1. The minimum Gasteiger partial charge on any atom is -0.313 e. The lowest BCUT2D eigenvalue weighted by molar-refractivity contribution is 0.257. The summed E-state index contributed by atoms with van der Waals surface area (Å²) in [5.41, 5.74) is 0.883. The number of rotatable bonds is 3. The van der Waals surface area contributed by atoms with Crippen molar-refractivity contribution in [3.63, 3.8) is 0 Å². The van der Waals surface area contributed by atoms with Crippen LogP contribution in [0.2, 0.25) is 5.02 Å². The number of hydrogen-bond acceptors (Lipinski definition) is 2. The molecule has 18 heavy (non-hydrogen) atoms. The van der Waals surface area contributed by atoms with Crippen LogP contribution in [0, 0.1) is 5.82 Å². The van der Waals surface area contributed by atoms with E-state index < -0.39 is 0 Å². The van der Waals surface area contributed by atoms with E-state index in [0.29, 0.717) is 11.1 Å². The van der Waals surface area contributed by atoms with Crippen LogP contribution in [-0.2, 0) is 6.54 Å². The lowest BCUT2D eigenvalue weighted by Gasteiger charge is -2.24. The summed E-state index contributed by atoms with van der Waals surface area (Å²) in [6.45, 7) is 6.02. The maximum absolute atomic E-state index is 13.2. The molecule has 1 aliphatic heterocycles. The molecular weight excluding hydrogens is 251 g/mol. The Labute approximate surface area is 113 Å². The summed E-state index contributed by atoms with van der Waals surface area (Å²) >= 11 is 6.12. The monoisotopic (exact) mass is 270 g/mol. The van der Waals surface area contributed by atoms with Crippen molar-refractivity contribution in [1.29, 1.82) is 0 Å². The molecule has 1 saturated heterocycles. The van der Waals surface area contributed by atoms with Crippen LogP contribution in [0.25, 0.3) is 0 Å². The van der Waals surface area contributed by atoms with Crippen LogP contribution in [0.15, 0.2) is 18.2 Å². The van der Waals surface area contributed by atoms with Gasteiger partial charge in [-0.2, -0.15) is 0 Å². The Morgan fingerprint density at radius 2 is 2.33 bits per heavy atom. The number of benzene rings is 1. The van der Waals surface area contributed by atoms with Crippen LogP contribution < -0.4 is 5.32 Å². The molecule has 0 aromatic heterocycles. The zero-order valence-corrected chi connectivity index (χ0v) is 11.5. The molecule has 2 nitrogen and oxygen atoms in total. The summed E-state index contributed by atoms with van der Waals surface area (Å²) < 4.78 is 13.2. The molecule has 4 heteroatoms. The summed E-state index contributed by atoms with van der Waals surface area (Å²) in [5.74, 6) is -0.214. The molecule has 1 atom stereocenters. The topological polar surface area (TPSA) is 15.3 Å². The first-order valence-corrected chi connectivity index (χ1v) is 6.96. The van der Waals surface area contributed by atoms with Gasteiger partial charge in [-0.15, -0.1) is 0 Å². The highest BCUT2D eigenvalue weighted by atomic mass is 35.5. The van der Waals surface area contributed by atoms with Gasteiger partial charge in [0, 0.05) is 24.2 Å². The van der Waals surface area contributed by atoms with Crippen molar-refractivity contribution in [1.82, 2.24) is 10.2 Å².